The molecule has 1 aromatic heterocycles. The van der Waals surface area contributed by atoms with Crippen LogP contribution in [0.1, 0.15) is 17.5 Å². The van der Waals surface area contributed by atoms with E-state index in [4.69, 9.17) is 4.74 Å². The number of rotatable bonds is 6. The summed E-state index contributed by atoms with van der Waals surface area (Å²) in [6.07, 6.45) is -0.669. The fraction of sp³-hybridized carbons (Fsp3) is 0.200. The number of halogens is 1. The Kier molecular flexibility index (Phi) is 5.63. The number of aromatic nitrogens is 1. The molecule has 0 bridgehead atoms. The van der Waals surface area contributed by atoms with Gasteiger partial charge in [0.15, 0.2) is 6.10 Å². The van der Waals surface area contributed by atoms with Gasteiger partial charge in [0.25, 0.3) is 5.91 Å². The number of nitrogens with zero attached hydrogens (tertiary/aromatic N) is 1. The first-order valence-corrected chi connectivity index (χ1v) is 9.10. The van der Waals surface area contributed by atoms with Crippen LogP contribution < -0.4 is 10.1 Å². The zero-order chi connectivity index (χ0) is 18.5. The van der Waals surface area contributed by atoms with E-state index < -0.39 is 6.10 Å². The van der Waals surface area contributed by atoms with E-state index in [1.165, 1.54) is 24.3 Å². The third kappa shape index (κ3) is 4.67. The highest BCUT2D eigenvalue weighted by molar-refractivity contribution is 7.09. The zero-order valence-corrected chi connectivity index (χ0v) is 15.3. The summed E-state index contributed by atoms with van der Waals surface area (Å²) in [6, 6.07) is 13.5. The number of hydrogen-bond donors (Lipinski definition) is 1. The lowest BCUT2D eigenvalue weighted by atomic mass is 10.1. The summed E-state index contributed by atoms with van der Waals surface area (Å²) in [5, 5.41) is 5.90. The largest absolute Gasteiger partial charge is 0.481 e. The molecule has 26 heavy (non-hydrogen) atoms. The number of aryl methyl sites for hydroxylation is 1. The molecule has 2 aromatic carbocycles. The molecule has 0 radical (unpaired) electrons. The van der Waals surface area contributed by atoms with Gasteiger partial charge in [-0.25, -0.2) is 9.37 Å². The van der Waals surface area contributed by atoms with Gasteiger partial charge in [-0.15, -0.1) is 11.3 Å². The van der Waals surface area contributed by atoms with Gasteiger partial charge >= 0.3 is 0 Å². The highest BCUT2D eigenvalue weighted by Crippen LogP contribution is 2.21. The first kappa shape index (κ1) is 18.1. The summed E-state index contributed by atoms with van der Waals surface area (Å²) >= 11 is 1.62. The van der Waals surface area contributed by atoms with Crippen LogP contribution in [0, 0.1) is 12.7 Å². The second-order valence-electron chi connectivity index (χ2n) is 5.88. The van der Waals surface area contributed by atoms with Crippen molar-refractivity contribution in [2.45, 2.75) is 26.5 Å². The number of carbonyl (C=O) groups is 1. The summed E-state index contributed by atoms with van der Waals surface area (Å²) in [7, 11) is 0. The molecule has 0 aliphatic rings. The van der Waals surface area contributed by atoms with E-state index in [1.807, 2.05) is 36.6 Å². The molecule has 0 saturated heterocycles. The van der Waals surface area contributed by atoms with Crippen molar-refractivity contribution in [1.82, 2.24) is 10.3 Å². The second kappa shape index (κ2) is 8.10. The summed E-state index contributed by atoms with van der Waals surface area (Å²) in [4.78, 5) is 16.6. The minimum absolute atomic E-state index is 0.228. The maximum Gasteiger partial charge on any atom is 0.261 e. The van der Waals surface area contributed by atoms with Crippen molar-refractivity contribution in [2.75, 3.05) is 0 Å². The van der Waals surface area contributed by atoms with Crippen LogP contribution >= 0.6 is 11.3 Å². The van der Waals surface area contributed by atoms with Crippen LogP contribution in [0.4, 0.5) is 4.39 Å². The number of carbonyl (C=O) groups excluding carboxylic acids is 1. The van der Waals surface area contributed by atoms with Crippen molar-refractivity contribution in [3.05, 3.63) is 70.3 Å². The standard InChI is InChI=1S/C20H19FN2O2S/c1-13(25-18-9-7-17(21)8-10-18)20(24)22-11-15-3-5-16(6-4-15)19-12-26-14(2)23-19/h3-10,12-13H,11H2,1-2H3,(H,22,24). The highest BCUT2D eigenvalue weighted by Gasteiger charge is 2.14. The lowest BCUT2D eigenvalue weighted by Crippen LogP contribution is -2.35. The van der Waals surface area contributed by atoms with Crippen molar-refractivity contribution < 1.29 is 13.9 Å². The number of thiazole rings is 1. The number of nitrogens with one attached hydrogen (secondary N) is 1. The van der Waals surface area contributed by atoms with Gasteiger partial charge in [-0.2, -0.15) is 0 Å². The Morgan fingerprint density at radius 3 is 2.50 bits per heavy atom. The van der Waals surface area contributed by atoms with Crippen LogP contribution in [-0.4, -0.2) is 17.0 Å². The first-order chi connectivity index (χ1) is 12.5. The molecule has 0 saturated carbocycles. The molecule has 0 spiro atoms. The molecule has 0 aliphatic carbocycles. The third-order valence-electron chi connectivity index (χ3n) is 3.83. The van der Waals surface area contributed by atoms with Crippen LogP contribution in [0.15, 0.2) is 53.9 Å². The topological polar surface area (TPSA) is 51.2 Å². The van der Waals surface area contributed by atoms with E-state index in [9.17, 15) is 9.18 Å². The molecule has 1 unspecified atom stereocenters. The van der Waals surface area contributed by atoms with Gasteiger partial charge in [0.1, 0.15) is 11.6 Å². The maximum absolute atomic E-state index is 12.9. The molecule has 134 valence electrons. The Morgan fingerprint density at radius 2 is 1.88 bits per heavy atom. The molecular formula is C20H19FN2O2S. The van der Waals surface area contributed by atoms with Gasteiger partial charge in [-0.3, -0.25) is 4.79 Å². The predicted octanol–water partition coefficient (Wildman–Crippen LogP) is 4.34. The Morgan fingerprint density at radius 1 is 1.19 bits per heavy atom. The van der Waals surface area contributed by atoms with Crippen LogP contribution in [0.5, 0.6) is 5.75 Å². The smallest absolute Gasteiger partial charge is 0.261 e. The van der Waals surface area contributed by atoms with E-state index in [2.05, 4.69) is 10.3 Å². The average Bonchev–Trinajstić information content (AvgIpc) is 3.08. The maximum atomic E-state index is 12.9. The van der Waals surface area contributed by atoms with E-state index in [-0.39, 0.29) is 11.7 Å². The molecule has 6 heteroatoms. The van der Waals surface area contributed by atoms with Crippen molar-refractivity contribution in [3.63, 3.8) is 0 Å². The summed E-state index contributed by atoms with van der Waals surface area (Å²) < 4.78 is 18.4. The van der Waals surface area contributed by atoms with Gasteiger partial charge in [0, 0.05) is 17.5 Å². The molecule has 3 rings (SSSR count). The molecule has 1 amide bonds. The van der Waals surface area contributed by atoms with Crippen molar-refractivity contribution in [1.29, 1.82) is 0 Å². The summed E-state index contributed by atoms with van der Waals surface area (Å²) in [6.45, 7) is 4.05. The lowest BCUT2D eigenvalue weighted by Gasteiger charge is -2.14. The SMILES string of the molecule is Cc1nc(-c2ccc(CNC(=O)C(C)Oc3ccc(F)cc3)cc2)cs1. The average molecular weight is 370 g/mol. The number of hydrogen-bond acceptors (Lipinski definition) is 4. The monoisotopic (exact) mass is 370 g/mol. The van der Waals surface area contributed by atoms with Crippen molar-refractivity contribution in [3.8, 4) is 17.0 Å². The molecule has 1 atom stereocenters. The fourth-order valence-electron chi connectivity index (χ4n) is 2.39. The fourth-order valence-corrected chi connectivity index (χ4v) is 3.02. The van der Waals surface area contributed by atoms with Crippen LogP contribution in [0.25, 0.3) is 11.3 Å². The quantitative estimate of drug-likeness (QED) is 0.702. The second-order valence-corrected chi connectivity index (χ2v) is 6.94. The Balaban J connectivity index is 1.52. The van der Waals surface area contributed by atoms with Crippen LogP contribution in [0.3, 0.4) is 0 Å². The third-order valence-corrected chi connectivity index (χ3v) is 4.60. The van der Waals surface area contributed by atoms with E-state index in [0.29, 0.717) is 12.3 Å². The van der Waals surface area contributed by atoms with Gasteiger partial charge in [-0.05, 0) is 43.7 Å². The minimum atomic E-state index is -0.669. The molecule has 3 aromatic rings. The summed E-state index contributed by atoms with van der Waals surface area (Å²) in [5.74, 6) is -0.115. The van der Waals surface area contributed by atoms with Gasteiger partial charge < -0.3 is 10.1 Å². The molecule has 1 heterocycles. The number of amides is 1. The first-order valence-electron chi connectivity index (χ1n) is 8.22. The lowest BCUT2D eigenvalue weighted by molar-refractivity contribution is -0.127. The van der Waals surface area contributed by atoms with Crippen molar-refractivity contribution >= 4 is 17.2 Å². The molecule has 0 fully saturated rings. The molecule has 1 N–H and O–H groups in total. The van der Waals surface area contributed by atoms with Gasteiger partial charge in [-0.1, -0.05) is 24.3 Å². The van der Waals surface area contributed by atoms with Crippen molar-refractivity contribution in [2.24, 2.45) is 0 Å². The number of ether oxygens (including phenoxy) is 1. The van der Waals surface area contributed by atoms with Gasteiger partial charge in [0.2, 0.25) is 0 Å². The van der Waals surface area contributed by atoms with Crippen LogP contribution in [-0.2, 0) is 11.3 Å². The Bertz CT molecular complexity index is 876. The molecular weight excluding hydrogens is 351 g/mol. The van der Waals surface area contributed by atoms with E-state index in [0.717, 1.165) is 21.8 Å². The Hall–Kier alpha value is -2.73. The zero-order valence-electron chi connectivity index (χ0n) is 14.5. The minimum Gasteiger partial charge on any atom is -0.481 e. The normalized spacial score (nSPS) is 11.8. The molecule has 0 aliphatic heterocycles. The van der Waals surface area contributed by atoms with E-state index in [1.54, 1.807) is 18.3 Å². The van der Waals surface area contributed by atoms with Crippen LogP contribution in [0.2, 0.25) is 0 Å². The van der Waals surface area contributed by atoms with Gasteiger partial charge in [0.05, 0.1) is 10.7 Å². The van der Waals surface area contributed by atoms with E-state index >= 15 is 0 Å². The molecule has 4 nitrogen and oxygen atoms in total. The highest BCUT2D eigenvalue weighted by atomic mass is 32.1. The number of benzene rings is 2. The predicted molar refractivity (Wildman–Crippen MR) is 101 cm³/mol. The Labute approximate surface area is 155 Å². The summed E-state index contributed by atoms with van der Waals surface area (Å²) in [5.41, 5.74) is 3.00.